The summed E-state index contributed by atoms with van der Waals surface area (Å²) < 4.78 is 34.1. The molecule has 0 N–H and O–H groups in total. The van der Waals surface area contributed by atoms with Crippen LogP contribution in [0, 0.1) is 10.1 Å². The van der Waals surface area contributed by atoms with Crippen molar-refractivity contribution in [2.45, 2.75) is 37.4 Å². The zero-order valence-corrected chi connectivity index (χ0v) is 18.4. The molecule has 0 aliphatic heterocycles. The summed E-state index contributed by atoms with van der Waals surface area (Å²) in [5, 5.41) is 13.1. The van der Waals surface area contributed by atoms with E-state index in [2.05, 4.69) is 4.98 Å². The number of nitro groups is 1. The Morgan fingerprint density at radius 2 is 1.97 bits per heavy atom. The van der Waals surface area contributed by atoms with Gasteiger partial charge in [0, 0.05) is 19.6 Å². The maximum atomic E-state index is 12.8. The first-order chi connectivity index (χ1) is 14.3. The molecule has 160 valence electrons. The minimum absolute atomic E-state index is 0.217. The van der Waals surface area contributed by atoms with Gasteiger partial charge in [-0.05, 0) is 42.7 Å². The molecule has 0 unspecified atom stereocenters. The van der Waals surface area contributed by atoms with Gasteiger partial charge in [0.2, 0.25) is 10.0 Å². The first kappa shape index (κ1) is 22.1. The molecule has 0 bridgehead atoms. The second kappa shape index (κ2) is 9.02. The van der Waals surface area contributed by atoms with Crippen LogP contribution >= 0.6 is 11.8 Å². The monoisotopic (exact) mass is 450 g/mol. The second-order valence-electron chi connectivity index (χ2n) is 6.23. The van der Waals surface area contributed by atoms with Gasteiger partial charge in [-0.1, -0.05) is 25.6 Å². The molecule has 2 heterocycles. The molecule has 0 aliphatic rings. The Bertz CT molecular complexity index is 1190. The standard InChI is InChI=1S/C19H22N4O5S2/c1-4-21(5-2)30(26,27)15-8-9-17-16(13-15)20-19(22(17)6-3)29-12-11-14-7-10-18(28-14)23(24)25/h7-13H,4-6H2,1-3H3/b12-11+. The van der Waals surface area contributed by atoms with E-state index >= 15 is 0 Å². The van der Waals surface area contributed by atoms with Crippen LogP contribution in [0.2, 0.25) is 0 Å². The summed E-state index contributed by atoms with van der Waals surface area (Å²) >= 11 is 1.32. The molecule has 0 atom stereocenters. The van der Waals surface area contributed by atoms with E-state index in [1.807, 2.05) is 11.5 Å². The Hall–Kier alpha value is -2.63. The van der Waals surface area contributed by atoms with Crippen LogP contribution in [0.15, 0.2) is 50.2 Å². The van der Waals surface area contributed by atoms with Crippen LogP contribution in [0.4, 0.5) is 5.88 Å². The SMILES string of the molecule is CCN(CC)S(=O)(=O)c1ccc2c(c1)nc(S/C=C/c1ccc([N+](=O)[O-])o1)n2CC. The first-order valence-electron chi connectivity index (χ1n) is 9.39. The fourth-order valence-corrected chi connectivity index (χ4v) is 5.36. The molecule has 3 rings (SSSR count). The maximum absolute atomic E-state index is 12.8. The third kappa shape index (κ3) is 4.27. The van der Waals surface area contributed by atoms with Crippen LogP contribution in [0.1, 0.15) is 26.5 Å². The van der Waals surface area contributed by atoms with E-state index < -0.39 is 14.9 Å². The predicted molar refractivity (Wildman–Crippen MR) is 116 cm³/mol. The molecular weight excluding hydrogens is 428 g/mol. The average Bonchev–Trinajstić information content (AvgIpc) is 3.32. The van der Waals surface area contributed by atoms with Gasteiger partial charge in [-0.3, -0.25) is 10.1 Å². The van der Waals surface area contributed by atoms with Crippen molar-refractivity contribution in [1.82, 2.24) is 13.9 Å². The van der Waals surface area contributed by atoms with Crippen molar-refractivity contribution in [2.75, 3.05) is 13.1 Å². The number of thioether (sulfide) groups is 1. The normalized spacial score (nSPS) is 12.4. The van der Waals surface area contributed by atoms with Crippen LogP contribution < -0.4 is 0 Å². The number of rotatable bonds is 9. The number of fused-ring (bicyclic) bond motifs is 1. The molecule has 9 nitrogen and oxygen atoms in total. The van der Waals surface area contributed by atoms with Gasteiger partial charge in [0.1, 0.15) is 10.7 Å². The van der Waals surface area contributed by atoms with Crippen molar-refractivity contribution in [3.63, 3.8) is 0 Å². The minimum atomic E-state index is -3.56. The molecule has 0 saturated carbocycles. The summed E-state index contributed by atoms with van der Waals surface area (Å²) in [6.07, 6.45) is 1.62. The van der Waals surface area contributed by atoms with Crippen molar-refractivity contribution in [2.24, 2.45) is 0 Å². The van der Waals surface area contributed by atoms with Gasteiger partial charge in [-0.25, -0.2) is 13.4 Å². The van der Waals surface area contributed by atoms with Crippen LogP contribution in [-0.4, -0.2) is 40.3 Å². The Morgan fingerprint density at radius 1 is 1.23 bits per heavy atom. The quantitative estimate of drug-likeness (QED) is 0.271. The highest BCUT2D eigenvalue weighted by molar-refractivity contribution is 8.02. The number of hydrogen-bond donors (Lipinski definition) is 0. The lowest BCUT2D eigenvalue weighted by molar-refractivity contribution is -0.402. The van der Waals surface area contributed by atoms with Gasteiger partial charge >= 0.3 is 5.88 Å². The predicted octanol–water partition coefficient (Wildman–Crippen LogP) is 4.35. The lowest BCUT2D eigenvalue weighted by Crippen LogP contribution is -2.30. The van der Waals surface area contributed by atoms with Crippen molar-refractivity contribution in [3.8, 4) is 0 Å². The summed E-state index contributed by atoms with van der Waals surface area (Å²) in [7, 11) is -3.56. The smallest absolute Gasteiger partial charge is 0.401 e. The van der Waals surface area contributed by atoms with Gasteiger partial charge in [0.15, 0.2) is 5.16 Å². The Kier molecular flexibility index (Phi) is 6.64. The van der Waals surface area contributed by atoms with Gasteiger partial charge in [-0.15, -0.1) is 0 Å². The Balaban J connectivity index is 1.90. The lowest BCUT2D eigenvalue weighted by atomic mass is 10.3. The molecular formula is C19H22N4O5S2. The number of sulfonamides is 1. The van der Waals surface area contributed by atoms with E-state index in [-0.39, 0.29) is 10.8 Å². The fraction of sp³-hybridized carbons (Fsp3) is 0.316. The summed E-state index contributed by atoms with van der Waals surface area (Å²) in [4.78, 5) is 14.9. The van der Waals surface area contributed by atoms with E-state index in [4.69, 9.17) is 4.42 Å². The average molecular weight is 451 g/mol. The second-order valence-corrected chi connectivity index (χ2v) is 9.04. The molecule has 0 amide bonds. The van der Waals surface area contributed by atoms with Crippen molar-refractivity contribution < 1.29 is 17.8 Å². The summed E-state index contributed by atoms with van der Waals surface area (Å²) in [6, 6.07) is 7.78. The molecule has 0 saturated heterocycles. The first-order valence-corrected chi connectivity index (χ1v) is 11.7. The third-order valence-corrected chi connectivity index (χ3v) is 7.38. The van der Waals surface area contributed by atoms with E-state index in [1.54, 1.807) is 43.5 Å². The Labute approximate surface area is 178 Å². The highest BCUT2D eigenvalue weighted by Gasteiger charge is 2.23. The van der Waals surface area contributed by atoms with Crippen molar-refractivity contribution >= 4 is 44.8 Å². The fourth-order valence-electron chi connectivity index (χ4n) is 3.05. The van der Waals surface area contributed by atoms with E-state index in [9.17, 15) is 18.5 Å². The van der Waals surface area contributed by atoms with Gasteiger partial charge in [0.25, 0.3) is 0 Å². The van der Waals surface area contributed by atoms with Crippen molar-refractivity contribution in [3.05, 3.63) is 51.6 Å². The van der Waals surface area contributed by atoms with E-state index in [0.717, 1.165) is 5.52 Å². The molecule has 3 aromatic rings. The molecule has 0 fully saturated rings. The topological polar surface area (TPSA) is 111 Å². The number of aryl methyl sites for hydroxylation is 1. The molecule has 0 aliphatic carbocycles. The summed E-state index contributed by atoms with van der Waals surface area (Å²) in [5.74, 6) is 0.0448. The lowest BCUT2D eigenvalue weighted by Gasteiger charge is -2.18. The van der Waals surface area contributed by atoms with E-state index in [1.165, 1.54) is 28.2 Å². The molecule has 11 heteroatoms. The summed E-state index contributed by atoms with van der Waals surface area (Å²) in [6.45, 7) is 7.04. The molecule has 0 radical (unpaired) electrons. The van der Waals surface area contributed by atoms with Gasteiger partial charge in [0.05, 0.1) is 22.0 Å². The van der Waals surface area contributed by atoms with Gasteiger partial charge in [-0.2, -0.15) is 4.31 Å². The van der Waals surface area contributed by atoms with Crippen LogP contribution in [-0.2, 0) is 16.6 Å². The number of nitrogens with zero attached hydrogens (tertiary/aromatic N) is 4. The molecule has 2 aromatic heterocycles. The van der Waals surface area contributed by atoms with Crippen LogP contribution in [0.3, 0.4) is 0 Å². The van der Waals surface area contributed by atoms with Gasteiger partial charge < -0.3 is 8.98 Å². The number of aromatic nitrogens is 2. The van der Waals surface area contributed by atoms with Crippen LogP contribution in [0.5, 0.6) is 0 Å². The van der Waals surface area contributed by atoms with Crippen LogP contribution in [0.25, 0.3) is 17.1 Å². The number of furan rings is 1. The highest BCUT2D eigenvalue weighted by Crippen LogP contribution is 2.28. The molecule has 0 spiro atoms. The zero-order valence-electron chi connectivity index (χ0n) is 16.8. The zero-order chi connectivity index (χ0) is 21.9. The largest absolute Gasteiger partial charge is 0.433 e. The molecule has 1 aromatic carbocycles. The maximum Gasteiger partial charge on any atom is 0.433 e. The number of imidazole rings is 1. The number of hydrogen-bond acceptors (Lipinski definition) is 7. The Morgan fingerprint density at radius 3 is 2.57 bits per heavy atom. The highest BCUT2D eigenvalue weighted by atomic mass is 32.2. The van der Waals surface area contributed by atoms with Crippen molar-refractivity contribution in [1.29, 1.82) is 0 Å². The third-order valence-electron chi connectivity index (χ3n) is 4.54. The minimum Gasteiger partial charge on any atom is -0.401 e. The number of benzene rings is 1. The van der Waals surface area contributed by atoms with E-state index in [0.29, 0.717) is 36.1 Å². The molecule has 30 heavy (non-hydrogen) atoms. The summed E-state index contributed by atoms with van der Waals surface area (Å²) in [5.41, 5.74) is 1.43.